The molecule has 0 saturated carbocycles. The van der Waals surface area contributed by atoms with Crippen molar-refractivity contribution in [3.05, 3.63) is 48.6 Å². The van der Waals surface area contributed by atoms with Gasteiger partial charge in [-0.3, -0.25) is 9.32 Å². The maximum Gasteiger partial charge on any atom is 0.469 e. The molecule has 33 heavy (non-hydrogen) atoms. The van der Waals surface area contributed by atoms with Crippen LogP contribution in [0.3, 0.4) is 0 Å². The highest BCUT2D eigenvalue weighted by atomic mass is 31.2. The summed E-state index contributed by atoms with van der Waals surface area (Å²) in [5.74, 6) is -1.94. The van der Waals surface area contributed by atoms with Crippen LogP contribution in [-0.2, 0) is 18.7 Å². The van der Waals surface area contributed by atoms with Crippen LogP contribution < -0.4 is 5.32 Å². The molecule has 9 heteroatoms. The minimum absolute atomic E-state index is 0.102. The van der Waals surface area contributed by atoms with Crippen molar-refractivity contribution in [2.45, 2.75) is 90.2 Å². The maximum atomic E-state index is 11.9. The number of aliphatic carboxylic acids is 1. The summed E-state index contributed by atoms with van der Waals surface area (Å²) in [6, 6.07) is -1.54. The van der Waals surface area contributed by atoms with Crippen molar-refractivity contribution in [2.75, 3.05) is 0 Å². The highest BCUT2D eigenvalue weighted by Crippen LogP contribution is 2.38. The van der Waals surface area contributed by atoms with Crippen LogP contribution in [0.15, 0.2) is 48.6 Å². The van der Waals surface area contributed by atoms with Gasteiger partial charge in [0.2, 0.25) is 5.91 Å². The molecule has 0 aromatic heterocycles. The third-order valence-corrected chi connectivity index (χ3v) is 5.19. The normalized spacial score (nSPS) is 14.5. The van der Waals surface area contributed by atoms with Gasteiger partial charge in [0.25, 0.3) is 0 Å². The molecule has 0 aliphatic heterocycles. The number of carbonyl (C=O) groups is 2. The summed E-state index contributed by atoms with van der Waals surface area (Å²) in [5.41, 5.74) is 0. The van der Waals surface area contributed by atoms with E-state index in [1.165, 1.54) is 26.2 Å². The molecular weight excluding hydrogens is 445 g/mol. The zero-order valence-corrected chi connectivity index (χ0v) is 20.7. The summed E-state index contributed by atoms with van der Waals surface area (Å²) in [5, 5.41) is 11.4. The van der Waals surface area contributed by atoms with E-state index in [-0.39, 0.29) is 6.42 Å². The molecule has 8 nitrogen and oxygen atoms in total. The van der Waals surface area contributed by atoms with Crippen molar-refractivity contribution in [3.8, 4) is 0 Å². The molecule has 188 valence electrons. The Morgan fingerprint density at radius 1 is 0.879 bits per heavy atom. The van der Waals surface area contributed by atoms with E-state index >= 15 is 0 Å². The largest absolute Gasteiger partial charge is 0.480 e. The summed E-state index contributed by atoms with van der Waals surface area (Å²) >= 11 is 0. The standard InChI is InChI=1S/C24H40NO7P/c1-3-4-5-6-7-8-9-10-11-12-13-14-15-16-17-18-19-20-22(26)25-23(24(27)28)21(2)32-33(29,30)31/h7-8,10-11,13-14,16-17,21,23H,3-6,9,12,15,18-20H2,1-2H3,(H,25,26)(H,27,28)(H2,29,30,31)/b8-7?,11-10?,14-13?,17-16-/t21-,23+/m1/s1. The van der Waals surface area contributed by atoms with Crippen molar-refractivity contribution in [1.29, 1.82) is 0 Å². The molecule has 0 saturated heterocycles. The predicted octanol–water partition coefficient (Wildman–Crippen LogP) is 5.20. The van der Waals surface area contributed by atoms with Crippen molar-refractivity contribution in [3.63, 3.8) is 0 Å². The quantitative estimate of drug-likeness (QED) is 0.112. The monoisotopic (exact) mass is 485 g/mol. The number of amides is 1. The van der Waals surface area contributed by atoms with Crippen molar-refractivity contribution < 1.29 is 33.6 Å². The van der Waals surface area contributed by atoms with Crippen LogP contribution in [-0.4, -0.2) is 38.9 Å². The van der Waals surface area contributed by atoms with E-state index in [0.29, 0.717) is 12.8 Å². The molecule has 0 aliphatic carbocycles. The summed E-state index contributed by atoms with van der Waals surface area (Å²) < 4.78 is 15.2. The number of carbonyl (C=O) groups excluding carboxylic acids is 1. The summed E-state index contributed by atoms with van der Waals surface area (Å²) in [6.45, 7) is 3.38. The van der Waals surface area contributed by atoms with Crippen LogP contribution in [0.5, 0.6) is 0 Å². The molecule has 0 heterocycles. The molecule has 0 aliphatic rings. The molecule has 2 atom stereocenters. The Bertz CT molecular complexity index is 710. The second-order valence-electron chi connectivity index (χ2n) is 7.67. The first kappa shape index (κ1) is 31.0. The van der Waals surface area contributed by atoms with Gasteiger partial charge in [0.15, 0.2) is 6.04 Å². The molecule has 0 bridgehead atoms. The maximum absolute atomic E-state index is 11.9. The molecule has 0 aromatic carbocycles. The van der Waals surface area contributed by atoms with E-state index < -0.39 is 31.8 Å². The fraction of sp³-hybridized carbons (Fsp3) is 0.583. The Morgan fingerprint density at radius 3 is 1.82 bits per heavy atom. The van der Waals surface area contributed by atoms with Gasteiger partial charge in [0, 0.05) is 6.42 Å². The van der Waals surface area contributed by atoms with Crippen LogP contribution >= 0.6 is 7.82 Å². The number of phosphoric ester groups is 1. The third-order valence-electron chi connectivity index (χ3n) is 4.59. The Kier molecular flexibility index (Phi) is 18.3. The fourth-order valence-corrected chi connectivity index (χ4v) is 3.40. The van der Waals surface area contributed by atoms with E-state index in [4.69, 9.17) is 14.9 Å². The van der Waals surface area contributed by atoms with Gasteiger partial charge in [-0.15, -0.1) is 0 Å². The molecule has 0 rings (SSSR count). The number of rotatable bonds is 19. The van der Waals surface area contributed by atoms with Gasteiger partial charge in [-0.25, -0.2) is 9.36 Å². The number of unbranched alkanes of at least 4 members (excludes halogenated alkanes) is 4. The fourth-order valence-electron chi connectivity index (χ4n) is 2.84. The average Bonchev–Trinajstić information content (AvgIpc) is 2.72. The van der Waals surface area contributed by atoms with Gasteiger partial charge in [-0.2, -0.15) is 0 Å². The number of allylic oxidation sites excluding steroid dienone is 8. The van der Waals surface area contributed by atoms with Gasteiger partial charge in [0.1, 0.15) is 0 Å². The molecule has 0 fully saturated rings. The molecule has 1 amide bonds. The predicted molar refractivity (Wildman–Crippen MR) is 131 cm³/mol. The Morgan fingerprint density at radius 2 is 1.36 bits per heavy atom. The van der Waals surface area contributed by atoms with Crippen LogP contribution in [0.4, 0.5) is 0 Å². The summed E-state index contributed by atoms with van der Waals surface area (Å²) in [4.78, 5) is 40.7. The topological polar surface area (TPSA) is 133 Å². The molecule has 0 spiro atoms. The lowest BCUT2D eigenvalue weighted by Crippen LogP contribution is -2.48. The van der Waals surface area contributed by atoms with Crippen LogP contribution in [0.2, 0.25) is 0 Å². The van der Waals surface area contributed by atoms with E-state index in [9.17, 15) is 14.2 Å². The van der Waals surface area contributed by atoms with E-state index in [2.05, 4.69) is 53.2 Å². The van der Waals surface area contributed by atoms with Gasteiger partial charge in [-0.05, 0) is 51.9 Å². The first-order valence-electron chi connectivity index (χ1n) is 11.5. The van der Waals surface area contributed by atoms with Crippen molar-refractivity contribution in [1.82, 2.24) is 5.32 Å². The smallest absolute Gasteiger partial charge is 0.469 e. The number of phosphoric acid groups is 1. The van der Waals surface area contributed by atoms with Crippen molar-refractivity contribution >= 4 is 19.7 Å². The number of hydrogen-bond acceptors (Lipinski definition) is 4. The van der Waals surface area contributed by atoms with E-state index in [1.807, 2.05) is 12.2 Å². The first-order chi connectivity index (χ1) is 15.7. The van der Waals surface area contributed by atoms with Gasteiger partial charge in [0.05, 0.1) is 6.10 Å². The Labute approximate surface area is 197 Å². The second kappa shape index (κ2) is 19.5. The van der Waals surface area contributed by atoms with Crippen LogP contribution in [0.1, 0.15) is 78.1 Å². The Balaban J connectivity index is 3.95. The second-order valence-corrected chi connectivity index (χ2v) is 8.86. The minimum Gasteiger partial charge on any atom is -0.480 e. The summed E-state index contributed by atoms with van der Waals surface area (Å²) in [6.07, 6.45) is 24.5. The number of hydrogen-bond donors (Lipinski definition) is 4. The minimum atomic E-state index is -4.85. The molecule has 0 aromatic rings. The lowest BCUT2D eigenvalue weighted by Gasteiger charge is -2.21. The van der Waals surface area contributed by atoms with Crippen molar-refractivity contribution in [2.24, 2.45) is 0 Å². The first-order valence-corrected chi connectivity index (χ1v) is 13.1. The lowest BCUT2D eigenvalue weighted by molar-refractivity contribution is -0.144. The van der Waals surface area contributed by atoms with Crippen LogP contribution in [0, 0.1) is 0 Å². The molecule has 0 unspecified atom stereocenters. The van der Waals surface area contributed by atoms with E-state index in [0.717, 1.165) is 25.7 Å². The molecule has 0 radical (unpaired) electrons. The highest BCUT2D eigenvalue weighted by Gasteiger charge is 2.32. The number of nitrogens with one attached hydrogen (secondary N) is 1. The molecular formula is C24H40NO7P. The van der Waals surface area contributed by atoms with Gasteiger partial charge in [-0.1, -0.05) is 68.4 Å². The van der Waals surface area contributed by atoms with E-state index in [1.54, 1.807) is 0 Å². The average molecular weight is 486 g/mol. The van der Waals surface area contributed by atoms with Gasteiger partial charge >= 0.3 is 13.8 Å². The third kappa shape index (κ3) is 20.4. The highest BCUT2D eigenvalue weighted by molar-refractivity contribution is 7.46. The summed E-state index contributed by atoms with van der Waals surface area (Å²) in [7, 11) is -4.85. The SMILES string of the molecule is CCCCCC=CCC=CCC=CC/C=C\CCCC(=O)N[C@H](C(=O)O)[C@@H](C)OP(=O)(O)O. The van der Waals surface area contributed by atoms with Gasteiger partial charge < -0.3 is 20.2 Å². The zero-order valence-electron chi connectivity index (χ0n) is 19.8. The zero-order chi connectivity index (χ0) is 25.0. The Hall–Kier alpha value is -1.99. The van der Waals surface area contributed by atoms with Crippen LogP contribution in [0.25, 0.3) is 0 Å². The number of carboxylic acids is 1. The lowest BCUT2D eigenvalue weighted by atomic mass is 10.1. The molecule has 4 N–H and O–H groups in total. The number of carboxylic acid groups (broad SMARTS) is 1.